The Balaban J connectivity index is 0.00000208. The fraction of sp³-hybridized carbons (Fsp3) is 0.176. The molecule has 5 nitrogen and oxygen atoms in total. The largest absolute Gasteiger partial charge is 1.00 e. The second-order valence-electron chi connectivity index (χ2n) is 5.27. The third-order valence-electron chi connectivity index (χ3n) is 3.66. The molecule has 1 heterocycles. The number of anilines is 2. The van der Waals surface area contributed by atoms with Crippen LogP contribution in [0.25, 0.3) is 6.08 Å². The quantitative estimate of drug-likeness (QED) is 0.579. The number of hydrogen-bond acceptors (Lipinski definition) is 5. The normalized spacial score (nSPS) is 12.5. The molecule has 0 amide bonds. The van der Waals surface area contributed by atoms with Gasteiger partial charge in [-0.1, -0.05) is 30.9 Å². The van der Waals surface area contributed by atoms with Gasteiger partial charge in [0.1, 0.15) is 0 Å². The van der Waals surface area contributed by atoms with Gasteiger partial charge in [0.2, 0.25) is 0 Å². The molecular weight excluding hydrogens is 337 g/mol. The van der Waals surface area contributed by atoms with Crippen LogP contribution in [0.2, 0.25) is 0 Å². The van der Waals surface area contributed by atoms with E-state index in [0.717, 1.165) is 16.9 Å². The fourth-order valence-electron chi connectivity index (χ4n) is 2.61. The van der Waals surface area contributed by atoms with Gasteiger partial charge in [0.05, 0.1) is 21.5 Å². The van der Waals surface area contributed by atoms with Crippen molar-refractivity contribution in [3.05, 3.63) is 54.6 Å². The SMILES string of the molecule is C=Cc1ccc2c(c1)N(CCCS(=O)(=O)[O-])c1ccccc1O2.[Na+]. The third kappa shape index (κ3) is 4.20. The number of nitrogens with zero attached hydrogens (tertiary/aromatic N) is 1. The molecule has 0 saturated carbocycles. The molecule has 0 spiro atoms. The van der Waals surface area contributed by atoms with Gasteiger partial charge in [0, 0.05) is 12.3 Å². The van der Waals surface area contributed by atoms with Crippen LogP contribution in [0.4, 0.5) is 11.4 Å². The van der Waals surface area contributed by atoms with E-state index in [0.29, 0.717) is 18.0 Å². The van der Waals surface area contributed by atoms with E-state index in [1.165, 1.54) is 0 Å². The van der Waals surface area contributed by atoms with Crippen molar-refractivity contribution in [2.75, 3.05) is 17.2 Å². The molecule has 120 valence electrons. The minimum atomic E-state index is -4.22. The predicted octanol–water partition coefficient (Wildman–Crippen LogP) is 0.513. The summed E-state index contributed by atoms with van der Waals surface area (Å²) >= 11 is 0. The molecule has 7 heteroatoms. The topological polar surface area (TPSA) is 69.7 Å². The average molecular weight is 353 g/mol. The van der Waals surface area contributed by atoms with E-state index in [9.17, 15) is 13.0 Å². The number of para-hydroxylation sites is 2. The Hall–Kier alpha value is -1.31. The van der Waals surface area contributed by atoms with E-state index in [1.54, 1.807) is 6.08 Å². The monoisotopic (exact) mass is 353 g/mol. The Kier molecular flexibility index (Phi) is 6.11. The predicted molar refractivity (Wildman–Crippen MR) is 89.2 cm³/mol. The molecule has 24 heavy (non-hydrogen) atoms. The molecule has 0 N–H and O–H groups in total. The summed E-state index contributed by atoms with van der Waals surface area (Å²) < 4.78 is 38.5. The number of benzene rings is 2. The van der Waals surface area contributed by atoms with Gasteiger partial charge >= 0.3 is 29.6 Å². The number of ether oxygens (including phenoxy) is 1. The maximum atomic E-state index is 10.9. The van der Waals surface area contributed by atoms with E-state index in [1.807, 2.05) is 47.4 Å². The molecule has 0 aliphatic carbocycles. The summed E-state index contributed by atoms with van der Waals surface area (Å²) in [6.45, 7) is 4.18. The van der Waals surface area contributed by atoms with Gasteiger partial charge in [0.25, 0.3) is 0 Å². The Morgan fingerprint density at radius 1 is 1.12 bits per heavy atom. The van der Waals surface area contributed by atoms with Gasteiger partial charge in [-0.2, -0.15) is 0 Å². The zero-order valence-corrected chi connectivity index (χ0v) is 16.3. The van der Waals surface area contributed by atoms with Crippen LogP contribution >= 0.6 is 0 Å². The molecule has 0 bridgehead atoms. The maximum absolute atomic E-state index is 10.9. The minimum Gasteiger partial charge on any atom is -0.748 e. The van der Waals surface area contributed by atoms with Crippen molar-refractivity contribution >= 4 is 27.6 Å². The van der Waals surface area contributed by atoms with Crippen molar-refractivity contribution in [2.24, 2.45) is 0 Å². The van der Waals surface area contributed by atoms with Crippen molar-refractivity contribution in [3.8, 4) is 11.5 Å². The summed E-state index contributed by atoms with van der Waals surface area (Å²) in [5.74, 6) is 1.01. The second kappa shape index (κ2) is 7.72. The molecule has 3 rings (SSSR count). The molecule has 0 saturated heterocycles. The van der Waals surface area contributed by atoms with Crippen LogP contribution in [0.15, 0.2) is 49.0 Å². The summed E-state index contributed by atoms with van der Waals surface area (Å²) in [6, 6.07) is 13.2. The number of rotatable bonds is 5. The van der Waals surface area contributed by atoms with Gasteiger partial charge in [0.15, 0.2) is 11.5 Å². The third-order valence-corrected chi connectivity index (χ3v) is 4.45. The first-order valence-corrected chi connectivity index (χ1v) is 8.80. The van der Waals surface area contributed by atoms with Gasteiger partial charge in [-0.3, -0.25) is 0 Å². The van der Waals surface area contributed by atoms with Crippen molar-refractivity contribution in [1.29, 1.82) is 0 Å². The van der Waals surface area contributed by atoms with Crippen molar-refractivity contribution < 1.29 is 47.3 Å². The summed E-state index contributed by atoms with van der Waals surface area (Å²) in [5.41, 5.74) is 2.63. The molecule has 0 aromatic heterocycles. The molecule has 1 aliphatic heterocycles. The van der Waals surface area contributed by atoms with Crippen molar-refractivity contribution in [1.82, 2.24) is 0 Å². The van der Waals surface area contributed by atoms with Crippen LogP contribution in [0.1, 0.15) is 12.0 Å². The summed E-state index contributed by atoms with van der Waals surface area (Å²) in [7, 11) is -4.22. The Labute approximate surface area is 164 Å². The molecule has 0 atom stereocenters. The van der Waals surface area contributed by atoms with Crippen molar-refractivity contribution in [3.63, 3.8) is 0 Å². The summed E-state index contributed by atoms with van der Waals surface area (Å²) in [6.07, 6.45) is 1.99. The molecule has 0 fully saturated rings. The Morgan fingerprint density at radius 3 is 2.54 bits per heavy atom. The number of fused-ring (bicyclic) bond motifs is 2. The van der Waals surface area contributed by atoms with E-state index in [-0.39, 0.29) is 41.7 Å². The summed E-state index contributed by atoms with van der Waals surface area (Å²) in [4.78, 5) is 1.98. The first kappa shape index (κ1) is 19.0. The Morgan fingerprint density at radius 2 is 1.83 bits per heavy atom. The van der Waals surface area contributed by atoms with Crippen LogP contribution in [-0.2, 0) is 10.1 Å². The molecule has 0 unspecified atom stereocenters. The van der Waals surface area contributed by atoms with Crippen LogP contribution in [0.5, 0.6) is 11.5 Å². The fourth-order valence-corrected chi connectivity index (χ4v) is 3.10. The van der Waals surface area contributed by atoms with E-state index >= 15 is 0 Å². The van der Waals surface area contributed by atoms with Gasteiger partial charge < -0.3 is 14.2 Å². The minimum absolute atomic E-state index is 0. The van der Waals surface area contributed by atoms with Crippen LogP contribution in [0.3, 0.4) is 0 Å². The average Bonchev–Trinajstić information content (AvgIpc) is 2.52. The maximum Gasteiger partial charge on any atom is 1.00 e. The van der Waals surface area contributed by atoms with Crippen LogP contribution in [-0.4, -0.2) is 25.3 Å². The van der Waals surface area contributed by atoms with E-state index in [2.05, 4.69) is 6.58 Å². The molecule has 2 aromatic carbocycles. The smallest absolute Gasteiger partial charge is 0.748 e. The van der Waals surface area contributed by atoms with Crippen molar-refractivity contribution in [2.45, 2.75) is 6.42 Å². The standard InChI is InChI=1S/C17H17NO4S.Na/c1-2-13-8-9-17-15(12-13)18(10-5-11-23(19,20)21)14-6-3-4-7-16(14)22-17;/h2-4,6-9,12H,1,5,10-11H2,(H,19,20,21);/q;+1/p-1. The first-order chi connectivity index (χ1) is 11.0. The summed E-state index contributed by atoms with van der Waals surface area (Å²) in [5, 5.41) is 0. The first-order valence-electron chi connectivity index (χ1n) is 7.22. The zero-order valence-electron chi connectivity index (χ0n) is 13.4. The number of hydrogen-bond donors (Lipinski definition) is 0. The molecule has 2 aromatic rings. The van der Waals surface area contributed by atoms with Gasteiger partial charge in [-0.25, -0.2) is 8.42 Å². The molecule has 1 aliphatic rings. The molecular formula is C17H16NNaO4S. The van der Waals surface area contributed by atoms with E-state index in [4.69, 9.17) is 4.74 Å². The van der Waals surface area contributed by atoms with Gasteiger partial charge in [-0.15, -0.1) is 0 Å². The molecule has 0 radical (unpaired) electrons. The zero-order chi connectivity index (χ0) is 16.4. The van der Waals surface area contributed by atoms with E-state index < -0.39 is 10.1 Å². The van der Waals surface area contributed by atoms with Crippen LogP contribution in [0, 0.1) is 0 Å². The van der Waals surface area contributed by atoms with Gasteiger partial charge in [-0.05, 0) is 36.2 Å². The Bertz CT molecular complexity index is 851. The second-order valence-corrected chi connectivity index (χ2v) is 6.79. The van der Waals surface area contributed by atoms with Crippen LogP contribution < -0.4 is 39.2 Å².